The Kier molecular flexibility index (Phi) is 9.74. The molecule has 0 fully saturated rings. The van der Waals surface area contributed by atoms with Crippen LogP contribution in [0.1, 0.15) is 71.2 Å². The first-order valence-corrected chi connectivity index (χ1v) is 13.3. The molecule has 2 amide bonds. The first-order valence-electron chi connectivity index (χ1n) is 13.3. The van der Waals surface area contributed by atoms with E-state index in [0.29, 0.717) is 31.7 Å². The summed E-state index contributed by atoms with van der Waals surface area (Å²) in [4.78, 5) is 31.1. The van der Waals surface area contributed by atoms with Gasteiger partial charge in [-0.25, -0.2) is 4.79 Å². The number of carbonyl (C=O) groups is 2. The second-order valence-corrected chi connectivity index (χ2v) is 11.2. The molecule has 2 atom stereocenters. The molecule has 3 rings (SSSR count). The molecule has 0 saturated heterocycles. The van der Waals surface area contributed by atoms with Crippen LogP contribution < -0.4 is 5.32 Å². The number of rotatable bonds is 9. The van der Waals surface area contributed by atoms with Crippen molar-refractivity contribution in [3.63, 3.8) is 0 Å². The highest BCUT2D eigenvalue weighted by atomic mass is 16.6. The Hall–Kier alpha value is -2.90. The van der Waals surface area contributed by atoms with Crippen LogP contribution in [0.15, 0.2) is 54.6 Å². The molecule has 2 aromatic rings. The van der Waals surface area contributed by atoms with Crippen molar-refractivity contribution in [1.29, 1.82) is 0 Å². The predicted molar refractivity (Wildman–Crippen MR) is 146 cm³/mol. The summed E-state index contributed by atoms with van der Waals surface area (Å²) in [5.41, 5.74) is 2.07. The van der Waals surface area contributed by atoms with Crippen molar-refractivity contribution in [2.75, 3.05) is 13.1 Å². The summed E-state index contributed by atoms with van der Waals surface area (Å²) in [6.07, 6.45) is -0.740. The molecule has 1 N–H and O–H groups in total. The number of hydrogen-bond acceptors (Lipinski definition) is 5. The van der Waals surface area contributed by atoms with Gasteiger partial charge in [-0.1, -0.05) is 54.6 Å². The van der Waals surface area contributed by atoms with Crippen LogP contribution in [0.4, 0.5) is 4.79 Å². The minimum Gasteiger partial charge on any atom is -0.444 e. The van der Waals surface area contributed by atoms with E-state index in [4.69, 9.17) is 9.47 Å². The van der Waals surface area contributed by atoms with E-state index in [9.17, 15) is 9.59 Å². The fraction of sp³-hybridized carbons (Fsp3) is 0.533. The van der Waals surface area contributed by atoms with Crippen molar-refractivity contribution in [1.82, 2.24) is 15.1 Å². The summed E-state index contributed by atoms with van der Waals surface area (Å²) >= 11 is 0. The van der Waals surface area contributed by atoms with Crippen molar-refractivity contribution < 1.29 is 19.1 Å². The van der Waals surface area contributed by atoms with Gasteiger partial charge in [0.2, 0.25) is 5.91 Å². The fourth-order valence-electron chi connectivity index (χ4n) is 4.82. The summed E-state index contributed by atoms with van der Waals surface area (Å²) in [6.45, 7) is 15.6. The zero-order chi connectivity index (χ0) is 27.2. The quantitative estimate of drug-likeness (QED) is 0.497. The molecule has 1 aliphatic rings. The molecule has 0 bridgehead atoms. The van der Waals surface area contributed by atoms with Crippen molar-refractivity contribution in [3.8, 4) is 0 Å². The molecular weight excluding hydrogens is 466 g/mol. The lowest BCUT2D eigenvalue weighted by Gasteiger charge is -2.42. The summed E-state index contributed by atoms with van der Waals surface area (Å²) < 4.78 is 12.1. The van der Waals surface area contributed by atoms with Crippen LogP contribution in [-0.4, -0.2) is 58.8 Å². The van der Waals surface area contributed by atoms with Crippen LogP contribution in [0.5, 0.6) is 0 Å². The maximum absolute atomic E-state index is 13.7. The molecule has 0 spiro atoms. The molecule has 202 valence electrons. The van der Waals surface area contributed by atoms with E-state index in [-0.39, 0.29) is 5.91 Å². The van der Waals surface area contributed by atoms with Crippen LogP contribution >= 0.6 is 0 Å². The molecule has 37 heavy (non-hydrogen) atoms. The molecule has 7 nitrogen and oxygen atoms in total. The van der Waals surface area contributed by atoms with Gasteiger partial charge in [0, 0.05) is 31.6 Å². The smallest absolute Gasteiger partial charge is 0.413 e. The molecule has 2 aromatic carbocycles. The monoisotopic (exact) mass is 509 g/mol. The Bertz CT molecular complexity index is 1020. The first kappa shape index (κ1) is 28.7. The van der Waals surface area contributed by atoms with Gasteiger partial charge in [-0.05, 0) is 65.2 Å². The second kappa shape index (κ2) is 12.6. The highest BCUT2D eigenvalue weighted by Gasteiger charge is 2.43. The van der Waals surface area contributed by atoms with Crippen LogP contribution in [0.3, 0.4) is 0 Å². The Morgan fingerprint density at radius 1 is 1.00 bits per heavy atom. The predicted octanol–water partition coefficient (Wildman–Crippen LogP) is 5.30. The molecule has 0 saturated carbocycles. The highest BCUT2D eigenvalue weighted by Crippen LogP contribution is 2.35. The Morgan fingerprint density at radius 2 is 1.62 bits per heavy atom. The normalized spacial score (nSPS) is 17.7. The lowest BCUT2D eigenvalue weighted by atomic mass is 9.91. The van der Waals surface area contributed by atoms with Gasteiger partial charge in [-0.2, -0.15) is 0 Å². The molecule has 0 aliphatic carbocycles. The molecule has 1 aliphatic heterocycles. The summed E-state index contributed by atoms with van der Waals surface area (Å²) in [5.74, 6) is -0.237. The number of carbonyl (C=O) groups excluding carboxylic acids is 2. The molecule has 2 unspecified atom stereocenters. The maximum atomic E-state index is 13.7. The van der Waals surface area contributed by atoms with E-state index in [0.717, 1.165) is 23.2 Å². The SMILES string of the molecule is CC(C)N(CCNC(=O)C1c2ccccc2CC(OCc2ccccc2)N1C(=O)OC(C)(C)C)C(C)C. The first-order chi connectivity index (χ1) is 17.5. The number of benzene rings is 2. The minimum absolute atomic E-state index is 0.237. The van der Waals surface area contributed by atoms with Gasteiger partial charge in [-0.3, -0.25) is 14.6 Å². The zero-order valence-corrected chi connectivity index (χ0v) is 23.4. The molecular formula is C30H43N3O4. The third-order valence-electron chi connectivity index (χ3n) is 6.47. The van der Waals surface area contributed by atoms with Crippen LogP contribution in [-0.2, 0) is 27.3 Å². The third-order valence-corrected chi connectivity index (χ3v) is 6.47. The van der Waals surface area contributed by atoms with Crippen LogP contribution in [0.25, 0.3) is 0 Å². The maximum Gasteiger partial charge on any atom is 0.413 e. The van der Waals surface area contributed by atoms with Crippen molar-refractivity contribution in [2.45, 2.75) is 91.4 Å². The average Bonchev–Trinajstić information content (AvgIpc) is 2.83. The fourth-order valence-corrected chi connectivity index (χ4v) is 4.82. The number of ether oxygens (including phenoxy) is 2. The molecule has 0 radical (unpaired) electrons. The highest BCUT2D eigenvalue weighted by molar-refractivity contribution is 5.88. The van der Waals surface area contributed by atoms with Crippen molar-refractivity contribution in [2.24, 2.45) is 0 Å². The number of amides is 2. The van der Waals surface area contributed by atoms with E-state index in [2.05, 4.69) is 37.9 Å². The standard InChI is InChI=1S/C30H43N3O4/c1-21(2)32(22(3)4)18-17-31-28(34)27-25-16-12-11-15-24(25)19-26(33(27)29(35)37-30(5,6)7)36-20-23-13-9-8-10-14-23/h8-16,21-22,26-27H,17-20H2,1-7H3,(H,31,34). The van der Waals surface area contributed by atoms with E-state index in [1.807, 2.05) is 75.4 Å². The van der Waals surface area contributed by atoms with Crippen molar-refractivity contribution >= 4 is 12.0 Å². The second-order valence-electron chi connectivity index (χ2n) is 11.2. The van der Waals surface area contributed by atoms with Gasteiger partial charge >= 0.3 is 6.09 Å². The number of nitrogens with one attached hydrogen (secondary N) is 1. The Morgan fingerprint density at radius 3 is 2.24 bits per heavy atom. The lowest BCUT2D eigenvalue weighted by molar-refractivity contribution is -0.138. The van der Waals surface area contributed by atoms with Gasteiger partial charge in [0.15, 0.2) is 0 Å². The van der Waals surface area contributed by atoms with E-state index in [1.165, 1.54) is 4.90 Å². The average molecular weight is 510 g/mol. The number of nitrogens with zero attached hydrogens (tertiary/aromatic N) is 2. The topological polar surface area (TPSA) is 71.1 Å². The van der Waals surface area contributed by atoms with E-state index in [1.54, 1.807) is 0 Å². The Balaban J connectivity index is 1.89. The molecule has 7 heteroatoms. The largest absolute Gasteiger partial charge is 0.444 e. The van der Waals surface area contributed by atoms with Gasteiger partial charge in [0.1, 0.15) is 17.9 Å². The molecule has 0 aromatic heterocycles. The summed E-state index contributed by atoms with van der Waals surface area (Å²) in [5, 5.41) is 3.09. The van der Waals surface area contributed by atoms with Crippen LogP contribution in [0.2, 0.25) is 0 Å². The Labute approximate surface area is 222 Å². The zero-order valence-electron chi connectivity index (χ0n) is 23.4. The van der Waals surface area contributed by atoms with Crippen molar-refractivity contribution in [3.05, 3.63) is 71.3 Å². The van der Waals surface area contributed by atoms with Gasteiger partial charge < -0.3 is 14.8 Å². The van der Waals surface area contributed by atoms with Gasteiger partial charge in [0.05, 0.1) is 6.61 Å². The lowest BCUT2D eigenvalue weighted by Crippen LogP contribution is -2.55. The van der Waals surface area contributed by atoms with E-state index >= 15 is 0 Å². The number of hydrogen-bond donors (Lipinski definition) is 1. The van der Waals surface area contributed by atoms with Gasteiger partial charge in [0.25, 0.3) is 0 Å². The van der Waals surface area contributed by atoms with Crippen LogP contribution in [0, 0.1) is 0 Å². The van der Waals surface area contributed by atoms with Gasteiger partial charge in [-0.15, -0.1) is 0 Å². The minimum atomic E-state index is -0.855. The summed E-state index contributed by atoms with van der Waals surface area (Å²) in [6, 6.07) is 17.5. The third kappa shape index (κ3) is 7.79. The van der Waals surface area contributed by atoms with E-state index < -0.39 is 24.0 Å². The molecule has 1 heterocycles. The number of fused-ring (bicyclic) bond motifs is 1. The summed E-state index contributed by atoms with van der Waals surface area (Å²) in [7, 11) is 0.